The summed E-state index contributed by atoms with van der Waals surface area (Å²) in [5.41, 5.74) is 6.24. The van der Waals surface area contributed by atoms with E-state index in [0.29, 0.717) is 11.4 Å². The van der Waals surface area contributed by atoms with Crippen LogP contribution >= 0.6 is 0 Å². The first kappa shape index (κ1) is 14.6. The van der Waals surface area contributed by atoms with Crippen molar-refractivity contribution in [2.75, 3.05) is 0 Å². The molecule has 19 heavy (non-hydrogen) atoms. The molecule has 0 unspecified atom stereocenters. The number of nitrogens with one attached hydrogen (secondary N) is 1. The summed E-state index contributed by atoms with van der Waals surface area (Å²) in [7, 11) is -3.45. The van der Waals surface area contributed by atoms with Gasteiger partial charge in [-0.05, 0) is 46.1 Å². The van der Waals surface area contributed by atoms with Gasteiger partial charge >= 0.3 is 0 Å². The molecule has 1 aliphatic rings. The number of sulfonamides is 1. The van der Waals surface area contributed by atoms with Gasteiger partial charge in [-0.1, -0.05) is 0 Å². The van der Waals surface area contributed by atoms with Gasteiger partial charge in [0.05, 0.1) is 4.90 Å². The molecule has 2 rings (SSSR count). The molecule has 1 aromatic rings. The molecular formula is C13H23N3O2S. The van der Waals surface area contributed by atoms with Gasteiger partial charge in [0.2, 0.25) is 10.0 Å². The molecule has 0 aromatic carbocycles. The summed E-state index contributed by atoms with van der Waals surface area (Å²) in [5, 5.41) is 0. The van der Waals surface area contributed by atoms with Crippen LogP contribution in [0.5, 0.6) is 0 Å². The lowest BCUT2D eigenvalue weighted by Crippen LogP contribution is -2.50. The molecule has 5 nitrogen and oxygen atoms in total. The maximum Gasteiger partial charge on any atom is 0.242 e. The Hall–Kier alpha value is -0.850. The van der Waals surface area contributed by atoms with Gasteiger partial charge in [-0.15, -0.1) is 0 Å². The predicted molar refractivity (Wildman–Crippen MR) is 75.3 cm³/mol. The van der Waals surface area contributed by atoms with Crippen LogP contribution in [0.15, 0.2) is 17.2 Å². The van der Waals surface area contributed by atoms with Crippen LogP contribution in [0.1, 0.15) is 51.8 Å². The molecule has 0 aliphatic heterocycles. The van der Waals surface area contributed by atoms with Crippen molar-refractivity contribution in [1.82, 2.24) is 9.29 Å². The van der Waals surface area contributed by atoms with Gasteiger partial charge in [-0.3, -0.25) is 0 Å². The zero-order valence-corrected chi connectivity index (χ0v) is 12.6. The second kappa shape index (κ2) is 4.92. The normalized spacial score (nSPS) is 18.6. The Labute approximate surface area is 115 Å². The Morgan fingerprint density at radius 1 is 1.47 bits per heavy atom. The van der Waals surface area contributed by atoms with Gasteiger partial charge < -0.3 is 10.3 Å². The highest BCUT2D eigenvalue weighted by Crippen LogP contribution is 2.33. The average molecular weight is 285 g/mol. The van der Waals surface area contributed by atoms with Crippen molar-refractivity contribution in [2.24, 2.45) is 5.73 Å². The van der Waals surface area contributed by atoms with Crippen molar-refractivity contribution in [2.45, 2.75) is 63.1 Å². The summed E-state index contributed by atoms with van der Waals surface area (Å²) < 4.78 is 29.5. The van der Waals surface area contributed by atoms with E-state index >= 15 is 0 Å². The highest BCUT2D eigenvalue weighted by molar-refractivity contribution is 7.89. The number of nitrogens with zero attached hydrogens (tertiary/aromatic N) is 1. The zero-order valence-electron chi connectivity index (χ0n) is 11.8. The van der Waals surface area contributed by atoms with Crippen LogP contribution in [-0.2, 0) is 16.6 Å². The summed E-state index contributed by atoms with van der Waals surface area (Å²) in [6, 6.07) is 1.87. The van der Waals surface area contributed by atoms with Crippen molar-refractivity contribution in [3.8, 4) is 0 Å². The van der Waals surface area contributed by atoms with Crippen molar-refractivity contribution in [3.63, 3.8) is 0 Å². The number of rotatable bonds is 5. The molecule has 3 N–H and O–H groups in total. The predicted octanol–water partition coefficient (Wildman–Crippen LogP) is 1.75. The minimum Gasteiger partial charge on any atom is -0.346 e. The number of nitrogens with two attached hydrogens (primary N) is 1. The highest BCUT2D eigenvalue weighted by Gasteiger charge is 2.36. The maximum atomic E-state index is 12.4. The lowest BCUT2D eigenvalue weighted by Gasteiger charge is -2.38. The van der Waals surface area contributed by atoms with Crippen molar-refractivity contribution < 1.29 is 8.42 Å². The van der Waals surface area contributed by atoms with Crippen molar-refractivity contribution >= 4 is 10.0 Å². The summed E-state index contributed by atoms with van der Waals surface area (Å²) in [5.74, 6) is 0. The van der Waals surface area contributed by atoms with Gasteiger partial charge in [0.25, 0.3) is 0 Å². The monoisotopic (exact) mass is 285 g/mol. The largest absolute Gasteiger partial charge is 0.346 e. The molecule has 108 valence electrons. The summed E-state index contributed by atoms with van der Waals surface area (Å²) in [6.07, 6.45) is 4.57. The molecule has 1 aliphatic carbocycles. The smallest absolute Gasteiger partial charge is 0.242 e. The summed E-state index contributed by atoms with van der Waals surface area (Å²) >= 11 is 0. The Morgan fingerprint density at radius 2 is 2.11 bits per heavy atom. The van der Waals surface area contributed by atoms with Crippen LogP contribution in [0.25, 0.3) is 0 Å². The fourth-order valence-electron chi connectivity index (χ4n) is 2.48. The van der Waals surface area contributed by atoms with Gasteiger partial charge in [0.1, 0.15) is 0 Å². The SMILES string of the molecule is CC(C)n1cc(S(=O)(=O)NC2(C)CCC2)cc1CN. The minimum absolute atomic E-state index is 0.196. The van der Waals surface area contributed by atoms with Crippen LogP contribution in [0.2, 0.25) is 0 Å². The van der Waals surface area contributed by atoms with E-state index in [4.69, 9.17) is 5.73 Å². The van der Waals surface area contributed by atoms with Crippen LogP contribution in [0, 0.1) is 0 Å². The van der Waals surface area contributed by atoms with E-state index in [2.05, 4.69) is 4.72 Å². The summed E-state index contributed by atoms with van der Waals surface area (Å²) in [4.78, 5) is 0.315. The first-order valence-corrected chi connectivity index (χ1v) is 8.20. The Balaban J connectivity index is 2.30. The van der Waals surface area contributed by atoms with E-state index in [1.807, 2.05) is 25.3 Å². The molecule has 0 atom stereocenters. The fraction of sp³-hybridized carbons (Fsp3) is 0.692. The zero-order chi connectivity index (χ0) is 14.3. The fourth-order valence-corrected chi connectivity index (χ4v) is 3.99. The second-order valence-corrected chi connectivity index (χ2v) is 7.57. The third-order valence-corrected chi connectivity index (χ3v) is 5.43. The number of hydrogen-bond donors (Lipinski definition) is 2. The van der Waals surface area contributed by atoms with Gasteiger partial charge in [-0.25, -0.2) is 13.1 Å². The average Bonchev–Trinajstić information content (AvgIpc) is 2.71. The van der Waals surface area contributed by atoms with Gasteiger partial charge in [0.15, 0.2) is 0 Å². The molecule has 1 saturated carbocycles. The molecule has 0 spiro atoms. The van der Waals surface area contributed by atoms with E-state index in [9.17, 15) is 8.42 Å². The number of hydrogen-bond acceptors (Lipinski definition) is 3. The quantitative estimate of drug-likeness (QED) is 0.865. The minimum atomic E-state index is -3.45. The third kappa shape index (κ3) is 2.85. The first-order chi connectivity index (χ1) is 8.77. The van der Waals surface area contributed by atoms with Crippen molar-refractivity contribution in [1.29, 1.82) is 0 Å². The summed E-state index contributed by atoms with van der Waals surface area (Å²) in [6.45, 7) is 6.31. The van der Waals surface area contributed by atoms with Gasteiger partial charge in [-0.2, -0.15) is 0 Å². The molecule has 1 aromatic heterocycles. The topological polar surface area (TPSA) is 77.1 Å². The first-order valence-electron chi connectivity index (χ1n) is 6.72. The Morgan fingerprint density at radius 3 is 2.47 bits per heavy atom. The molecule has 0 radical (unpaired) electrons. The van der Waals surface area contributed by atoms with E-state index in [1.165, 1.54) is 0 Å². The van der Waals surface area contributed by atoms with Crippen LogP contribution in [0.4, 0.5) is 0 Å². The van der Waals surface area contributed by atoms with E-state index in [0.717, 1.165) is 25.0 Å². The molecule has 0 saturated heterocycles. The highest BCUT2D eigenvalue weighted by atomic mass is 32.2. The second-order valence-electron chi connectivity index (χ2n) is 5.89. The van der Waals surface area contributed by atoms with Crippen molar-refractivity contribution in [3.05, 3.63) is 18.0 Å². The van der Waals surface area contributed by atoms with Crippen LogP contribution < -0.4 is 10.5 Å². The molecule has 0 bridgehead atoms. The molecule has 1 fully saturated rings. The van der Waals surface area contributed by atoms with E-state index < -0.39 is 10.0 Å². The molecular weight excluding hydrogens is 262 g/mol. The van der Waals surface area contributed by atoms with E-state index in [-0.39, 0.29) is 11.6 Å². The Bertz CT molecular complexity index is 556. The van der Waals surface area contributed by atoms with Gasteiger partial charge in [0, 0.05) is 30.0 Å². The lowest BCUT2D eigenvalue weighted by atomic mass is 9.80. The standard InChI is InChI=1S/C13H23N3O2S/c1-10(2)16-9-12(7-11(16)8-14)19(17,18)15-13(3)5-4-6-13/h7,9-10,15H,4-6,8,14H2,1-3H3. The lowest BCUT2D eigenvalue weighted by molar-refractivity contribution is 0.248. The Kier molecular flexibility index (Phi) is 3.77. The molecule has 1 heterocycles. The molecule has 0 amide bonds. The number of aromatic nitrogens is 1. The maximum absolute atomic E-state index is 12.4. The molecule has 6 heteroatoms. The van der Waals surface area contributed by atoms with E-state index in [1.54, 1.807) is 12.3 Å². The van der Waals surface area contributed by atoms with Crippen LogP contribution in [0.3, 0.4) is 0 Å². The third-order valence-electron chi connectivity index (χ3n) is 3.82. The van der Waals surface area contributed by atoms with Crippen LogP contribution in [-0.4, -0.2) is 18.5 Å².